The van der Waals surface area contributed by atoms with Crippen molar-refractivity contribution in [1.29, 1.82) is 0 Å². The molecule has 0 bridgehead atoms. The van der Waals surface area contributed by atoms with Gasteiger partial charge in [0.1, 0.15) is 18.2 Å². The van der Waals surface area contributed by atoms with E-state index in [0.717, 1.165) is 54.8 Å². The maximum absolute atomic E-state index is 6.04. The third-order valence-electron chi connectivity index (χ3n) is 6.13. The normalized spacial score (nSPS) is 15.9. The first-order valence-corrected chi connectivity index (χ1v) is 12.3. The van der Waals surface area contributed by atoms with Gasteiger partial charge in [-0.15, -0.1) is 0 Å². The molecule has 0 atom stereocenters. The third-order valence-corrected chi connectivity index (χ3v) is 6.38. The molecule has 0 saturated carbocycles. The molecule has 5 rings (SSSR count). The van der Waals surface area contributed by atoms with E-state index in [1.807, 2.05) is 54.6 Å². The highest BCUT2D eigenvalue weighted by atomic mass is 35.5. The van der Waals surface area contributed by atoms with Crippen molar-refractivity contribution in [3.63, 3.8) is 0 Å². The molecule has 7 nitrogen and oxygen atoms in total. The zero-order valence-electron chi connectivity index (χ0n) is 19.2. The minimum atomic E-state index is 0.458. The molecule has 0 radical (unpaired) electrons. The van der Waals surface area contributed by atoms with Crippen molar-refractivity contribution in [2.24, 2.45) is 5.10 Å². The molecule has 176 valence electrons. The molecule has 0 aliphatic carbocycles. The average Bonchev–Trinajstić information content (AvgIpc) is 3.59. The molecule has 2 fully saturated rings. The molecule has 2 saturated heterocycles. The number of aromatic nitrogens is 2. The van der Waals surface area contributed by atoms with Crippen LogP contribution in [0.15, 0.2) is 59.7 Å². The summed E-state index contributed by atoms with van der Waals surface area (Å²) < 4.78 is 6.04. The summed E-state index contributed by atoms with van der Waals surface area (Å²) in [5.74, 6) is 3.22. The summed E-state index contributed by atoms with van der Waals surface area (Å²) in [5.41, 5.74) is 5.06. The Morgan fingerprint density at radius 2 is 1.62 bits per heavy atom. The van der Waals surface area contributed by atoms with E-state index < -0.39 is 0 Å². The second-order valence-corrected chi connectivity index (χ2v) is 9.06. The Kier molecular flexibility index (Phi) is 7.10. The predicted molar refractivity (Wildman–Crippen MR) is 138 cm³/mol. The first-order chi connectivity index (χ1) is 16.7. The van der Waals surface area contributed by atoms with E-state index >= 15 is 0 Å². The summed E-state index contributed by atoms with van der Waals surface area (Å²) in [6.07, 6.45) is 6.55. The zero-order chi connectivity index (χ0) is 23.2. The lowest BCUT2D eigenvalue weighted by Gasteiger charge is -2.21. The molecule has 2 aromatic carbocycles. The molecule has 0 spiro atoms. The predicted octanol–water partition coefficient (Wildman–Crippen LogP) is 5.36. The first kappa shape index (κ1) is 22.5. The second kappa shape index (κ2) is 10.7. The van der Waals surface area contributed by atoms with Crippen LogP contribution < -0.4 is 20.0 Å². The van der Waals surface area contributed by atoms with E-state index in [0.29, 0.717) is 17.4 Å². The van der Waals surface area contributed by atoms with Crippen molar-refractivity contribution in [2.75, 3.05) is 41.4 Å². The van der Waals surface area contributed by atoms with Gasteiger partial charge in [0.05, 0.1) is 6.21 Å². The van der Waals surface area contributed by atoms with Crippen molar-refractivity contribution in [3.05, 3.63) is 70.7 Å². The van der Waals surface area contributed by atoms with Gasteiger partial charge in [-0.1, -0.05) is 35.9 Å². The smallest absolute Gasteiger partial charge is 0.229 e. The van der Waals surface area contributed by atoms with Gasteiger partial charge in [0.25, 0.3) is 0 Å². The Morgan fingerprint density at radius 1 is 0.912 bits per heavy atom. The molecule has 0 amide bonds. The minimum Gasteiger partial charge on any atom is -0.488 e. The van der Waals surface area contributed by atoms with Gasteiger partial charge in [0.15, 0.2) is 5.82 Å². The van der Waals surface area contributed by atoms with Gasteiger partial charge in [-0.05, 0) is 55.5 Å². The molecule has 3 aromatic rings. The minimum absolute atomic E-state index is 0.458. The fraction of sp³-hybridized carbons (Fsp3) is 0.346. The Morgan fingerprint density at radius 3 is 2.38 bits per heavy atom. The van der Waals surface area contributed by atoms with Gasteiger partial charge >= 0.3 is 0 Å². The molecule has 8 heteroatoms. The summed E-state index contributed by atoms with van der Waals surface area (Å²) in [5, 5.41) is 5.19. The number of nitrogens with zero attached hydrogens (tertiary/aromatic N) is 5. The van der Waals surface area contributed by atoms with Gasteiger partial charge in [0, 0.05) is 42.8 Å². The molecule has 3 heterocycles. The van der Waals surface area contributed by atoms with Gasteiger partial charge < -0.3 is 14.5 Å². The van der Waals surface area contributed by atoms with E-state index in [1.165, 1.54) is 25.7 Å². The van der Waals surface area contributed by atoms with E-state index in [2.05, 4.69) is 20.3 Å². The maximum Gasteiger partial charge on any atom is 0.229 e. The summed E-state index contributed by atoms with van der Waals surface area (Å²) in [6, 6.07) is 17.5. The van der Waals surface area contributed by atoms with Crippen LogP contribution in [0.5, 0.6) is 5.75 Å². The van der Waals surface area contributed by atoms with Gasteiger partial charge in [-0.3, -0.25) is 5.43 Å². The highest BCUT2D eigenvalue weighted by Gasteiger charge is 2.20. The van der Waals surface area contributed by atoms with Crippen LogP contribution in [0.2, 0.25) is 5.02 Å². The fourth-order valence-electron chi connectivity index (χ4n) is 4.27. The van der Waals surface area contributed by atoms with Gasteiger partial charge in [-0.2, -0.15) is 15.1 Å². The van der Waals surface area contributed by atoms with E-state index in [9.17, 15) is 0 Å². The SMILES string of the molecule is Clc1ccc(COc2ccccc2C=NNc2cc(N3CCCC3)nc(N3CCCC3)n2)cc1. The molecule has 2 aliphatic heterocycles. The third kappa shape index (κ3) is 5.59. The Labute approximate surface area is 205 Å². The van der Waals surface area contributed by atoms with Crippen LogP contribution >= 0.6 is 11.6 Å². The second-order valence-electron chi connectivity index (χ2n) is 8.62. The number of benzene rings is 2. The van der Waals surface area contributed by atoms with Crippen molar-refractivity contribution < 1.29 is 4.74 Å². The number of hydrogen-bond acceptors (Lipinski definition) is 7. The largest absolute Gasteiger partial charge is 0.488 e. The lowest BCUT2D eigenvalue weighted by atomic mass is 10.2. The van der Waals surface area contributed by atoms with Gasteiger partial charge in [-0.25, -0.2) is 0 Å². The highest BCUT2D eigenvalue weighted by Crippen LogP contribution is 2.26. The molecular formula is C26H29ClN6O. The summed E-state index contributed by atoms with van der Waals surface area (Å²) in [6.45, 7) is 4.55. The highest BCUT2D eigenvalue weighted by molar-refractivity contribution is 6.30. The van der Waals surface area contributed by atoms with E-state index in [1.54, 1.807) is 6.21 Å². The van der Waals surface area contributed by atoms with Crippen LogP contribution in [0.3, 0.4) is 0 Å². The van der Waals surface area contributed by atoms with E-state index in [4.69, 9.17) is 26.3 Å². The number of para-hydroxylation sites is 1. The number of anilines is 3. The standard InChI is InChI=1S/C26H29ClN6O/c27-22-11-9-20(10-12-22)19-34-23-8-2-1-7-21(23)18-28-31-24-17-25(32-13-3-4-14-32)30-26(29-24)33-15-5-6-16-33/h1-2,7-12,17-18H,3-6,13-16,19H2,(H,29,30,31). The number of nitrogens with one attached hydrogen (secondary N) is 1. The van der Waals surface area contributed by atoms with Crippen molar-refractivity contribution in [1.82, 2.24) is 9.97 Å². The number of ether oxygens (including phenoxy) is 1. The quantitative estimate of drug-likeness (QED) is 0.349. The van der Waals surface area contributed by atoms with E-state index in [-0.39, 0.29) is 0 Å². The average molecular weight is 477 g/mol. The molecular weight excluding hydrogens is 448 g/mol. The monoisotopic (exact) mass is 476 g/mol. The first-order valence-electron chi connectivity index (χ1n) is 11.9. The molecule has 1 N–H and O–H groups in total. The molecule has 2 aliphatic rings. The Bertz CT molecular complexity index is 1090. The van der Waals surface area contributed by atoms with Crippen LogP contribution in [-0.2, 0) is 6.61 Å². The van der Waals surface area contributed by atoms with Crippen molar-refractivity contribution >= 4 is 35.4 Å². The number of halogens is 1. The summed E-state index contributed by atoms with van der Waals surface area (Å²) in [4.78, 5) is 14.2. The van der Waals surface area contributed by atoms with Crippen molar-refractivity contribution in [3.8, 4) is 5.75 Å². The van der Waals surface area contributed by atoms with Crippen LogP contribution in [0.4, 0.5) is 17.6 Å². The fourth-order valence-corrected chi connectivity index (χ4v) is 4.40. The van der Waals surface area contributed by atoms with Crippen molar-refractivity contribution in [2.45, 2.75) is 32.3 Å². The van der Waals surface area contributed by atoms with Crippen LogP contribution in [0.1, 0.15) is 36.8 Å². The van der Waals surface area contributed by atoms with Crippen LogP contribution in [0, 0.1) is 0 Å². The number of hydrazone groups is 1. The Hall–Kier alpha value is -3.32. The van der Waals surface area contributed by atoms with Crippen LogP contribution in [-0.4, -0.2) is 42.4 Å². The topological polar surface area (TPSA) is 65.9 Å². The summed E-state index contributed by atoms with van der Waals surface area (Å²) in [7, 11) is 0. The van der Waals surface area contributed by atoms with Gasteiger partial charge in [0.2, 0.25) is 5.95 Å². The lowest BCUT2D eigenvalue weighted by molar-refractivity contribution is 0.306. The molecule has 1 aromatic heterocycles. The number of rotatable bonds is 8. The van der Waals surface area contributed by atoms with Crippen LogP contribution in [0.25, 0.3) is 0 Å². The summed E-state index contributed by atoms with van der Waals surface area (Å²) >= 11 is 5.98. The molecule has 0 unspecified atom stereocenters. The number of hydrogen-bond donors (Lipinski definition) is 1. The lowest BCUT2D eigenvalue weighted by Crippen LogP contribution is -2.24. The zero-order valence-corrected chi connectivity index (χ0v) is 19.9. The maximum atomic E-state index is 6.04. The molecule has 34 heavy (non-hydrogen) atoms. The Balaban J connectivity index is 1.30.